The molecular weight excluding hydrogens is 190 g/mol. The van der Waals surface area contributed by atoms with Crippen LogP contribution in [0.15, 0.2) is 0 Å². The van der Waals surface area contributed by atoms with Gasteiger partial charge in [0.1, 0.15) is 5.60 Å². The fourth-order valence-corrected chi connectivity index (χ4v) is 2.72. The molecule has 3 nitrogen and oxygen atoms in total. The van der Waals surface area contributed by atoms with Crippen molar-refractivity contribution in [2.24, 2.45) is 11.8 Å². The minimum absolute atomic E-state index is 0.467. The molecule has 2 fully saturated rings. The minimum atomic E-state index is -0.482. The molecule has 0 radical (unpaired) electrons. The van der Waals surface area contributed by atoms with Gasteiger partial charge in [0.25, 0.3) is 0 Å². The Morgan fingerprint density at radius 2 is 1.93 bits per heavy atom. The lowest BCUT2D eigenvalue weighted by atomic mass is 9.79. The lowest BCUT2D eigenvalue weighted by Gasteiger charge is -2.46. The van der Waals surface area contributed by atoms with Crippen molar-refractivity contribution in [2.45, 2.75) is 32.3 Å². The highest BCUT2D eigenvalue weighted by atomic mass is 16.5. The molecule has 0 atom stereocenters. The maximum atomic E-state index is 10.2. The van der Waals surface area contributed by atoms with Gasteiger partial charge in [0.15, 0.2) is 0 Å². The van der Waals surface area contributed by atoms with Gasteiger partial charge in [-0.05, 0) is 37.8 Å². The summed E-state index contributed by atoms with van der Waals surface area (Å²) in [5.74, 6) is 1.21. The van der Waals surface area contributed by atoms with Crippen LogP contribution in [0.25, 0.3) is 0 Å². The molecule has 0 saturated carbocycles. The second kappa shape index (κ2) is 4.40. The van der Waals surface area contributed by atoms with Crippen molar-refractivity contribution in [1.82, 2.24) is 4.90 Å². The topological polar surface area (TPSA) is 32.7 Å². The molecule has 3 heteroatoms. The van der Waals surface area contributed by atoms with Crippen molar-refractivity contribution in [2.75, 3.05) is 32.8 Å². The molecule has 88 valence electrons. The standard InChI is InChI=1S/C12H23NO2/c1-10(2)7-13-5-3-11(4-6-13)12(14)8-15-9-12/h10-11,14H,3-9H2,1-2H3. The summed E-state index contributed by atoms with van der Waals surface area (Å²) in [6, 6.07) is 0. The molecule has 2 saturated heterocycles. The second-order valence-corrected chi connectivity index (χ2v) is 5.57. The quantitative estimate of drug-likeness (QED) is 0.762. The first kappa shape index (κ1) is 11.4. The van der Waals surface area contributed by atoms with Gasteiger partial charge in [0.05, 0.1) is 13.2 Å². The average molecular weight is 213 g/mol. The van der Waals surface area contributed by atoms with Crippen LogP contribution in [-0.4, -0.2) is 48.5 Å². The Balaban J connectivity index is 1.77. The zero-order valence-corrected chi connectivity index (χ0v) is 9.91. The molecule has 0 aromatic heterocycles. The molecular formula is C12H23NO2. The average Bonchev–Trinajstić information content (AvgIpc) is 2.14. The van der Waals surface area contributed by atoms with Gasteiger partial charge in [-0.25, -0.2) is 0 Å². The van der Waals surface area contributed by atoms with E-state index in [1.165, 1.54) is 6.54 Å². The molecule has 15 heavy (non-hydrogen) atoms. The van der Waals surface area contributed by atoms with E-state index in [1.807, 2.05) is 0 Å². The predicted molar refractivity (Wildman–Crippen MR) is 59.8 cm³/mol. The van der Waals surface area contributed by atoms with Gasteiger partial charge in [-0.1, -0.05) is 13.8 Å². The molecule has 0 amide bonds. The maximum absolute atomic E-state index is 10.2. The van der Waals surface area contributed by atoms with Crippen LogP contribution in [0.4, 0.5) is 0 Å². The Hall–Kier alpha value is -0.120. The third-order valence-electron chi connectivity index (χ3n) is 3.67. The highest BCUT2D eigenvalue weighted by Crippen LogP contribution is 2.33. The van der Waals surface area contributed by atoms with Gasteiger partial charge in [-0.2, -0.15) is 0 Å². The van der Waals surface area contributed by atoms with Gasteiger partial charge in [0, 0.05) is 6.54 Å². The summed E-state index contributed by atoms with van der Waals surface area (Å²) in [4.78, 5) is 2.52. The maximum Gasteiger partial charge on any atom is 0.114 e. The first-order valence-corrected chi connectivity index (χ1v) is 6.12. The second-order valence-electron chi connectivity index (χ2n) is 5.57. The van der Waals surface area contributed by atoms with E-state index in [1.54, 1.807) is 0 Å². The van der Waals surface area contributed by atoms with Crippen molar-refractivity contribution in [1.29, 1.82) is 0 Å². The highest BCUT2D eigenvalue weighted by molar-refractivity contribution is 4.94. The number of ether oxygens (including phenoxy) is 1. The molecule has 2 heterocycles. The summed E-state index contributed by atoms with van der Waals surface area (Å²) in [6.07, 6.45) is 2.26. The summed E-state index contributed by atoms with van der Waals surface area (Å²) in [7, 11) is 0. The van der Waals surface area contributed by atoms with Crippen molar-refractivity contribution in [3.8, 4) is 0 Å². The van der Waals surface area contributed by atoms with E-state index in [-0.39, 0.29) is 0 Å². The SMILES string of the molecule is CC(C)CN1CCC(C2(O)COC2)CC1. The number of rotatable bonds is 3. The molecule has 0 unspecified atom stereocenters. The first-order valence-electron chi connectivity index (χ1n) is 6.12. The van der Waals surface area contributed by atoms with Crippen LogP contribution in [-0.2, 0) is 4.74 Å². The van der Waals surface area contributed by atoms with Crippen molar-refractivity contribution in [3.05, 3.63) is 0 Å². The van der Waals surface area contributed by atoms with Gasteiger partial charge in [0.2, 0.25) is 0 Å². The molecule has 0 aliphatic carbocycles. The van der Waals surface area contributed by atoms with E-state index in [0.717, 1.165) is 31.8 Å². The Morgan fingerprint density at radius 1 is 1.33 bits per heavy atom. The Kier molecular flexibility index (Phi) is 3.33. The van der Waals surface area contributed by atoms with E-state index in [2.05, 4.69) is 18.7 Å². The van der Waals surface area contributed by atoms with E-state index < -0.39 is 5.60 Å². The van der Waals surface area contributed by atoms with Gasteiger partial charge in [-0.15, -0.1) is 0 Å². The van der Waals surface area contributed by atoms with Gasteiger partial charge >= 0.3 is 0 Å². The number of hydrogen-bond donors (Lipinski definition) is 1. The molecule has 2 aliphatic rings. The van der Waals surface area contributed by atoms with Crippen LogP contribution in [0.2, 0.25) is 0 Å². The molecule has 2 aliphatic heterocycles. The third kappa shape index (κ3) is 2.52. The number of piperidine rings is 1. The van der Waals surface area contributed by atoms with Crippen molar-refractivity contribution >= 4 is 0 Å². The Bertz CT molecular complexity index is 206. The fourth-order valence-electron chi connectivity index (χ4n) is 2.72. The van der Waals surface area contributed by atoms with E-state index in [4.69, 9.17) is 4.74 Å². The summed E-state index contributed by atoms with van der Waals surface area (Å²) < 4.78 is 5.12. The monoisotopic (exact) mass is 213 g/mol. The third-order valence-corrected chi connectivity index (χ3v) is 3.67. The molecule has 1 N–H and O–H groups in total. The van der Waals surface area contributed by atoms with E-state index in [0.29, 0.717) is 19.1 Å². The van der Waals surface area contributed by atoms with Crippen LogP contribution in [0.3, 0.4) is 0 Å². The largest absolute Gasteiger partial charge is 0.385 e. The Labute approximate surface area is 92.4 Å². The zero-order valence-electron chi connectivity index (χ0n) is 9.91. The van der Waals surface area contributed by atoms with Crippen LogP contribution in [0.5, 0.6) is 0 Å². The molecule has 2 rings (SSSR count). The summed E-state index contributed by atoms with van der Waals surface area (Å²) in [5.41, 5.74) is -0.482. The molecule has 0 aromatic carbocycles. The smallest absolute Gasteiger partial charge is 0.114 e. The number of nitrogens with zero attached hydrogens (tertiary/aromatic N) is 1. The molecule has 0 bridgehead atoms. The summed E-state index contributed by atoms with van der Waals surface area (Å²) in [6.45, 7) is 9.13. The highest BCUT2D eigenvalue weighted by Gasteiger charge is 2.44. The predicted octanol–water partition coefficient (Wildman–Crippen LogP) is 1.12. The normalized spacial score (nSPS) is 28.0. The number of aliphatic hydroxyl groups is 1. The lowest BCUT2D eigenvalue weighted by Crippen LogP contribution is -2.57. The number of likely N-dealkylation sites (tertiary alicyclic amines) is 1. The fraction of sp³-hybridized carbons (Fsp3) is 1.00. The number of hydrogen-bond acceptors (Lipinski definition) is 3. The molecule has 0 spiro atoms. The van der Waals surface area contributed by atoms with Crippen LogP contribution >= 0.6 is 0 Å². The summed E-state index contributed by atoms with van der Waals surface area (Å²) >= 11 is 0. The zero-order chi connectivity index (χ0) is 10.9. The summed E-state index contributed by atoms with van der Waals surface area (Å²) in [5, 5.41) is 10.2. The first-order chi connectivity index (χ1) is 7.10. The van der Waals surface area contributed by atoms with E-state index >= 15 is 0 Å². The Morgan fingerprint density at radius 3 is 2.33 bits per heavy atom. The van der Waals surface area contributed by atoms with Crippen LogP contribution in [0, 0.1) is 11.8 Å². The van der Waals surface area contributed by atoms with Gasteiger partial charge < -0.3 is 14.7 Å². The van der Waals surface area contributed by atoms with Crippen molar-refractivity contribution in [3.63, 3.8) is 0 Å². The lowest BCUT2D eigenvalue weighted by molar-refractivity contribution is -0.213. The van der Waals surface area contributed by atoms with Gasteiger partial charge in [-0.3, -0.25) is 0 Å². The molecule has 0 aromatic rings. The van der Waals surface area contributed by atoms with Crippen LogP contribution in [0.1, 0.15) is 26.7 Å². The van der Waals surface area contributed by atoms with Crippen molar-refractivity contribution < 1.29 is 9.84 Å². The van der Waals surface area contributed by atoms with E-state index in [9.17, 15) is 5.11 Å². The van der Waals surface area contributed by atoms with Crippen LogP contribution < -0.4 is 0 Å². The minimum Gasteiger partial charge on any atom is -0.385 e.